The van der Waals surface area contributed by atoms with Crippen molar-refractivity contribution in [1.29, 1.82) is 0 Å². The van der Waals surface area contributed by atoms with E-state index in [1.54, 1.807) is 0 Å². The van der Waals surface area contributed by atoms with Gasteiger partial charge in [0.2, 0.25) is 0 Å². The number of hydrogen-bond donors (Lipinski definition) is 0. The minimum atomic E-state index is 0. The van der Waals surface area contributed by atoms with E-state index >= 15 is 0 Å². The van der Waals surface area contributed by atoms with Crippen LogP contribution in [0.15, 0.2) is 0 Å². The van der Waals surface area contributed by atoms with E-state index in [9.17, 15) is 0 Å². The Hall–Kier alpha value is -0.0400. The van der Waals surface area contributed by atoms with Gasteiger partial charge in [-0.3, -0.25) is 0 Å². The highest BCUT2D eigenvalue weighted by molar-refractivity contribution is 4.09. The van der Waals surface area contributed by atoms with E-state index in [4.69, 9.17) is 0 Å². The molecule has 0 aromatic carbocycles. The van der Waals surface area contributed by atoms with Gasteiger partial charge in [0, 0.05) is 0 Å². The van der Waals surface area contributed by atoms with Crippen molar-refractivity contribution in [2.75, 3.05) is 21.1 Å². The molecular formula is C10H29N. The molecule has 0 N–H and O–H groups in total. The summed E-state index contributed by atoms with van der Waals surface area (Å²) in [6.45, 7) is 8.50. The third-order valence-corrected chi connectivity index (χ3v) is 0. The van der Waals surface area contributed by atoms with E-state index in [2.05, 4.69) is 27.7 Å². The average molecular weight is 163 g/mol. The van der Waals surface area contributed by atoms with Gasteiger partial charge in [-0.05, 0) is 21.1 Å². The van der Waals surface area contributed by atoms with Crippen LogP contribution in [0.3, 0.4) is 0 Å². The third kappa shape index (κ3) is 394000. The molecule has 0 aliphatic heterocycles. The lowest BCUT2D eigenvalue weighted by Crippen LogP contribution is -1.99. The molecule has 0 saturated carbocycles. The lowest BCUT2D eigenvalue weighted by atomic mass is 10.6. The van der Waals surface area contributed by atoms with Crippen LogP contribution in [0.25, 0.3) is 0 Å². The maximum atomic E-state index is 2.12. The molecule has 0 radical (unpaired) electrons. The quantitative estimate of drug-likeness (QED) is 0.527. The van der Waals surface area contributed by atoms with Crippen LogP contribution in [0.5, 0.6) is 0 Å². The predicted molar refractivity (Wildman–Crippen MR) is 58.3 cm³/mol. The van der Waals surface area contributed by atoms with Crippen molar-refractivity contribution in [2.45, 2.75) is 48.0 Å². The monoisotopic (exact) mass is 163 g/mol. The summed E-state index contributed by atoms with van der Waals surface area (Å²) in [4.78, 5) is 2.00. The van der Waals surface area contributed by atoms with Gasteiger partial charge in [0.1, 0.15) is 0 Å². The van der Waals surface area contributed by atoms with Gasteiger partial charge in [0.25, 0.3) is 0 Å². The first-order valence-electron chi connectivity index (χ1n) is 4.17. The van der Waals surface area contributed by atoms with Gasteiger partial charge in [0.15, 0.2) is 0 Å². The Labute approximate surface area is 74.8 Å². The van der Waals surface area contributed by atoms with Crippen molar-refractivity contribution in [2.24, 2.45) is 0 Å². The van der Waals surface area contributed by atoms with E-state index in [1.807, 2.05) is 26.0 Å². The second-order valence-corrected chi connectivity index (χ2v) is 2.76. The molecule has 0 spiro atoms. The van der Waals surface area contributed by atoms with Gasteiger partial charge < -0.3 is 4.90 Å². The Morgan fingerprint density at radius 2 is 0.727 bits per heavy atom. The summed E-state index contributed by atoms with van der Waals surface area (Å²) in [5.41, 5.74) is 0. The van der Waals surface area contributed by atoms with Crippen molar-refractivity contribution in [3.63, 3.8) is 0 Å². The summed E-state index contributed by atoms with van der Waals surface area (Å²) in [7, 11) is 6.00. The van der Waals surface area contributed by atoms with E-state index in [0.29, 0.717) is 0 Å². The summed E-state index contributed by atoms with van der Waals surface area (Å²) in [6.07, 6.45) is 2.50. The zero-order valence-electron chi connectivity index (χ0n) is 8.86. The molecule has 0 atom stereocenters. The van der Waals surface area contributed by atoms with Crippen LogP contribution in [0.1, 0.15) is 48.0 Å². The first kappa shape index (κ1) is 22.4. The lowest BCUT2D eigenvalue weighted by Gasteiger charge is -1.90. The van der Waals surface area contributed by atoms with E-state index < -0.39 is 0 Å². The fourth-order valence-electron chi connectivity index (χ4n) is 0. The topological polar surface area (TPSA) is 3.24 Å². The lowest BCUT2D eigenvalue weighted by molar-refractivity contribution is 0.505. The maximum absolute atomic E-state index is 2.12. The highest BCUT2D eigenvalue weighted by Crippen LogP contribution is 1.56. The van der Waals surface area contributed by atoms with Gasteiger partial charge in [-0.25, -0.2) is 0 Å². The van der Waals surface area contributed by atoms with Crippen molar-refractivity contribution < 1.29 is 0 Å². The van der Waals surface area contributed by atoms with E-state index in [-0.39, 0.29) is 7.43 Å². The molecule has 0 saturated heterocycles. The van der Waals surface area contributed by atoms with Crippen LogP contribution in [0, 0.1) is 0 Å². The van der Waals surface area contributed by atoms with Gasteiger partial charge in [-0.2, -0.15) is 0 Å². The molecule has 0 aromatic rings. The number of rotatable bonds is 0. The summed E-state index contributed by atoms with van der Waals surface area (Å²) in [5.74, 6) is 0. The Morgan fingerprint density at radius 1 is 0.727 bits per heavy atom. The SMILES string of the molecule is C.CCC.CCC.CN(C)C. The fourth-order valence-corrected chi connectivity index (χ4v) is 0. The molecule has 0 aliphatic rings. The largest absolute Gasteiger partial charge is 0.312 e. The molecule has 0 fully saturated rings. The normalized spacial score (nSPS) is 6.55. The summed E-state index contributed by atoms with van der Waals surface area (Å²) in [6, 6.07) is 0. The predicted octanol–water partition coefficient (Wildman–Crippen LogP) is 3.65. The van der Waals surface area contributed by atoms with Crippen molar-refractivity contribution in [1.82, 2.24) is 4.90 Å². The maximum Gasteiger partial charge on any atom is -0.0140 e. The van der Waals surface area contributed by atoms with Crippen molar-refractivity contribution >= 4 is 0 Å². The Balaban J connectivity index is -0.0000000325. The van der Waals surface area contributed by atoms with Gasteiger partial charge in [0.05, 0.1) is 0 Å². The minimum Gasteiger partial charge on any atom is -0.312 e. The molecule has 0 heterocycles. The molecule has 0 unspecified atom stereocenters. The molecule has 0 rings (SSSR count). The van der Waals surface area contributed by atoms with E-state index in [0.717, 1.165) is 0 Å². The first-order valence-corrected chi connectivity index (χ1v) is 4.17. The second-order valence-electron chi connectivity index (χ2n) is 2.76. The molecule has 0 bridgehead atoms. The number of nitrogens with zero attached hydrogens (tertiary/aromatic N) is 1. The molecule has 0 amide bonds. The molecule has 74 valence electrons. The molecule has 11 heavy (non-hydrogen) atoms. The molecule has 0 aromatic heterocycles. The van der Waals surface area contributed by atoms with Crippen LogP contribution in [-0.4, -0.2) is 26.0 Å². The van der Waals surface area contributed by atoms with Crippen molar-refractivity contribution in [3.8, 4) is 0 Å². The third-order valence-electron chi connectivity index (χ3n) is 0. The van der Waals surface area contributed by atoms with Crippen molar-refractivity contribution in [3.05, 3.63) is 0 Å². The fraction of sp³-hybridized carbons (Fsp3) is 1.00. The number of hydrogen-bond acceptors (Lipinski definition) is 1. The van der Waals surface area contributed by atoms with Crippen LogP contribution < -0.4 is 0 Å². The minimum absolute atomic E-state index is 0. The molecule has 1 heteroatoms. The Bertz CT molecular complexity index is 21.3. The van der Waals surface area contributed by atoms with Gasteiger partial charge in [-0.1, -0.05) is 48.0 Å². The molecule has 0 aliphatic carbocycles. The van der Waals surface area contributed by atoms with Crippen LogP contribution >= 0.6 is 0 Å². The highest BCUT2D eigenvalue weighted by Gasteiger charge is 1.58. The van der Waals surface area contributed by atoms with E-state index in [1.165, 1.54) is 12.8 Å². The zero-order valence-corrected chi connectivity index (χ0v) is 8.86. The average Bonchev–Trinajstić information content (AvgIpc) is 1.65. The van der Waals surface area contributed by atoms with Crippen LogP contribution in [0.4, 0.5) is 0 Å². The Kier molecular flexibility index (Phi) is 66.3. The zero-order chi connectivity index (χ0) is 8.99. The second kappa shape index (κ2) is 32.5. The first-order chi connectivity index (χ1) is 4.56. The van der Waals surface area contributed by atoms with Crippen LogP contribution in [-0.2, 0) is 0 Å². The standard InChI is InChI=1S/C3H9N.2C3H8.CH4/c1-4(2)3;2*1-3-2;/h1-3H3;2*3H2,1-2H3;1H4. The summed E-state index contributed by atoms with van der Waals surface area (Å²) >= 11 is 0. The van der Waals surface area contributed by atoms with Gasteiger partial charge >= 0.3 is 0 Å². The van der Waals surface area contributed by atoms with Crippen LogP contribution in [0.2, 0.25) is 0 Å². The summed E-state index contributed by atoms with van der Waals surface area (Å²) in [5, 5.41) is 0. The Morgan fingerprint density at radius 3 is 0.727 bits per heavy atom. The molecule has 1 nitrogen and oxygen atoms in total. The highest BCUT2D eigenvalue weighted by atomic mass is 15.0. The molecular weight excluding hydrogens is 134 g/mol. The smallest absolute Gasteiger partial charge is 0.0140 e. The van der Waals surface area contributed by atoms with Gasteiger partial charge in [-0.15, -0.1) is 0 Å². The summed E-state index contributed by atoms with van der Waals surface area (Å²) < 4.78 is 0.